The van der Waals surface area contributed by atoms with Crippen molar-refractivity contribution >= 4 is 0 Å². The maximum absolute atomic E-state index is 14.8. The highest BCUT2D eigenvalue weighted by molar-refractivity contribution is 5.65. The molecule has 0 fully saturated rings. The Morgan fingerprint density at radius 1 is 0.714 bits per heavy atom. The van der Waals surface area contributed by atoms with Gasteiger partial charge in [-0.25, -0.2) is 19.3 Å². The van der Waals surface area contributed by atoms with Crippen molar-refractivity contribution in [1.82, 2.24) is 15.0 Å². The van der Waals surface area contributed by atoms with Gasteiger partial charge in [-0.2, -0.15) is 4.39 Å². The molecule has 0 N–H and O–H groups in total. The summed E-state index contributed by atoms with van der Waals surface area (Å²) in [7, 11) is 0. The highest BCUT2D eigenvalue weighted by Gasteiger charge is 2.17. The van der Waals surface area contributed by atoms with Gasteiger partial charge in [-0.3, -0.25) is 0 Å². The van der Waals surface area contributed by atoms with Crippen molar-refractivity contribution in [3.63, 3.8) is 0 Å². The fourth-order valence-electron chi connectivity index (χ4n) is 3.52. The quantitative estimate of drug-likeness (QED) is 0.218. The van der Waals surface area contributed by atoms with Crippen LogP contribution in [-0.4, -0.2) is 21.6 Å². The molecule has 0 saturated heterocycles. The van der Waals surface area contributed by atoms with Crippen LogP contribution in [0.5, 0.6) is 11.6 Å². The molecule has 2 aromatic carbocycles. The predicted molar refractivity (Wildman–Crippen MR) is 131 cm³/mol. The van der Waals surface area contributed by atoms with Gasteiger partial charge < -0.3 is 9.47 Å². The van der Waals surface area contributed by atoms with Crippen molar-refractivity contribution in [3.05, 3.63) is 90.4 Å². The highest BCUT2D eigenvalue weighted by Crippen LogP contribution is 2.30. The standard InChI is InChI=1S/C28H27F2N3O2/c1-2-3-4-8-15-34-25-14-11-21(16-31-25)28-32-17-22(18-33-28)23-12-13-24(27(30)26(23)29)35-19-20-9-6-5-7-10-20/h5-7,9-14,16-18H,2-4,8,15,19H2,1H3. The number of halogens is 2. The van der Waals surface area contributed by atoms with E-state index >= 15 is 0 Å². The zero-order chi connectivity index (χ0) is 24.5. The van der Waals surface area contributed by atoms with E-state index in [1.54, 1.807) is 12.3 Å². The van der Waals surface area contributed by atoms with Gasteiger partial charge >= 0.3 is 0 Å². The topological polar surface area (TPSA) is 57.1 Å². The molecule has 4 rings (SSSR count). The number of rotatable bonds is 11. The van der Waals surface area contributed by atoms with Crippen molar-refractivity contribution in [2.24, 2.45) is 0 Å². The molecule has 5 nitrogen and oxygen atoms in total. The van der Waals surface area contributed by atoms with Gasteiger partial charge in [0.2, 0.25) is 11.7 Å². The van der Waals surface area contributed by atoms with Crippen LogP contribution in [0.25, 0.3) is 22.5 Å². The Hall–Kier alpha value is -3.87. The minimum atomic E-state index is -1.04. The molecule has 2 aromatic heterocycles. The van der Waals surface area contributed by atoms with Gasteiger partial charge in [-0.1, -0.05) is 56.5 Å². The van der Waals surface area contributed by atoms with Gasteiger partial charge in [0.1, 0.15) is 6.61 Å². The Bertz CT molecular complexity index is 1220. The summed E-state index contributed by atoms with van der Waals surface area (Å²) in [5, 5.41) is 0. The van der Waals surface area contributed by atoms with Crippen molar-refractivity contribution in [2.45, 2.75) is 39.2 Å². The lowest BCUT2D eigenvalue weighted by molar-refractivity contribution is 0.285. The summed E-state index contributed by atoms with van der Waals surface area (Å²) >= 11 is 0. The van der Waals surface area contributed by atoms with Crippen LogP contribution in [0.2, 0.25) is 0 Å². The maximum atomic E-state index is 14.8. The SMILES string of the molecule is CCCCCCOc1ccc(-c2ncc(-c3ccc(OCc4ccccc4)c(F)c3F)cn2)cn1. The molecule has 0 atom stereocenters. The molecule has 0 aliphatic heterocycles. The molecule has 35 heavy (non-hydrogen) atoms. The van der Waals surface area contributed by atoms with Crippen molar-refractivity contribution in [2.75, 3.05) is 6.61 Å². The molecule has 180 valence electrons. The van der Waals surface area contributed by atoms with Crippen LogP contribution < -0.4 is 9.47 Å². The summed E-state index contributed by atoms with van der Waals surface area (Å²) in [5.41, 5.74) is 1.98. The Kier molecular flexibility index (Phi) is 8.33. The number of ether oxygens (including phenoxy) is 2. The lowest BCUT2D eigenvalue weighted by Gasteiger charge is -2.11. The summed E-state index contributed by atoms with van der Waals surface area (Å²) < 4.78 is 40.5. The second-order valence-corrected chi connectivity index (χ2v) is 8.10. The molecular weight excluding hydrogens is 448 g/mol. The largest absolute Gasteiger partial charge is 0.486 e. The lowest BCUT2D eigenvalue weighted by atomic mass is 10.1. The Balaban J connectivity index is 1.40. The van der Waals surface area contributed by atoms with Crippen LogP contribution >= 0.6 is 0 Å². The zero-order valence-electron chi connectivity index (χ0n) is 19.6. The summed E-state index contributed by atoms with van der Waals surface area (Å²) in [5.74, 6) is -1.22. The minimum absolute atomic E-state index is 0.0612. The molecule has 0 unspecified atom stereocenters. The van der Waals surface area contributed by atoms with E-state index in [0.29, 0.717) is 29.4 Å². The molecule has 0 aliphatic carbocycles. The Morgan fingerprint density at radius 3 is 2.20 bits per heavy atom. The number of benzene rings is 2. The molecule has 0 aliphatic rings. The highest BCUT2D eigenvalue weighted by atomic mass is 19.2. The molecule has 7 heteroatoms. The fraction of sp³-hybridized carbons (Fsp3) is 0.250. The third-order valence-corrected chi connectivity index (χ3v) is 5.49. The predicted octanol–water partition coefficient (Wildman–Crippen LogP) is 7.02. The first-order valence-corrected chi connectivity index (χ1v) is 11.7. The first-order valence-electron chi connectivity index (χ1n) is 11.7. The first kappa shape index (κ1) is 24.3. The normalized spacial score (nSPS) is 10.8. The van der Waals surface area contributed by atoms with Crippen LogP contribution in [0.1, 0.15) is 38.2 Å². The molecule has 2 heterocycles. The number of unbranched alkanes of at least 4 members (excludes halogenated alkanes) is 3. The van der Waals surface area contributed by atoms with E-state index < -0.39 is 11.6 Å². The molecule has 4 aromatic rings. The summed E-state index contributed by atoms with van der Waals surface area (Å²) in [6, 6.07) is 15.8. The van der Waals surface area contributed by atoms with Crippen molar-refractivity contribution in [3.8, 4) is 34.1 Å². The first-order chi connectivity index (χ1) is 17.2. The van der Waals surface area contributed by atoms with Crippen LogP contribution in [0.3, 0.4) is 0 Å². The van der Waals surface area contributed by atoms with E-state index in [9.17, 15) is 8.78 Å². The molecule has 0 saturated carbocycles. The number of nitrogens with zero attached hydrogens (tertiary/aromatic N) is 3. The minimum Gasteiger partial charge on any atom is -0.486 e. The Labute approximate surface area is 203 Å². The average molecular weight is 476 g/mol. The molecule has 0 radical (unpaired) electrons. The van der Waals surface area contributed by atoms with E-state index in [0.717, 1.165) is 18.4 Å². The number of aromatic nitrogens is 3. The maximum Gasteiger partial charge on any atom is 0.213 e. The monoisotopic (exact) mass is 475 g/mol. The molecule has 0 spiro atoms. The van der Waals surface area contributed by atoms with E-state index in [1.807, 2.05) is 36.4 Å². The van der Waals surface area contributed by atoms with Gasteiger partial charge in [-0.05, 0) is 30.2 Å². The van der Waals surface area contributed by atoms with Crippen molar-refractivity contribution < 1.29 is 18.3 Å². The summed E-state index contributed by atoms with van der Waals surface area (Å²) in [6.07, 6.45) is 9.08. The fourth-order valence-corrected chi connectivity index (χ4v) is 3.52. The third kappa shape index (κ3) is 6.38. The molecule has 0 bridgehead atoms. The van der Waals surface area contributed by atoms with Crippen LogP contribution in [0.15, 0.2) is 73.2 Å². The smallest absolute Gasteiger partial charge is 0.213 e. The van der Waals surface area contributed by atoms with Crippen LogP contribution in [-0.2, 0) is 6.61 Å². The van der Waals surface area contributed by atoms with Gasteiger partial charge in [0.15, 0.2) is 17.4 Å². The summed E-state index contributed by atoms with van der Waals surface area (Å²) in [4.78, 5) is 12.9. The van der Waals surface area contributed by atoms with Crippen molar-refractivity contribution in [1.29, 1.82) is 0 Å². The lowest BCUT2D eigenvalue weighted by Crippen LogP contribution is -2.01. The second kappa shape index (κ2) is 12.0. The second-order valence-electron chi connectivity index (χ2n) is 8.10. The molecule has 0 amide bonds. The van der Waals surface area contributed by atoms with E-state index in [1.165, 1.54) is 37.4 Å². The summed E-state index contributed by atoms with van der Waals surface area (Å²) in [6.45, 7) is 2.95. The van der Waals surface area contributed by atoms with E-state index in [4.69, 9.17) is 9.47 Å². The number of hydrogen-bond donors (Lipinski definition) is 0. The van der Waals surface area contributed by atoms with E-state index in [-0.39, 0.29) is 17.9 Å². The van der Waals surface area contributed by atoms with Crippen LogP contribution in [0, 0.1) is 11.6 Å². The third-order valence-electron chi connectivity index (χ3n) is 5.49. The zero-order valence-corrected chi connectivity index (χ0v) is 19.6. The van der Waals surface area contributed by atoms with Gasteiger partial charge in [0.05, 0.1) is 6.61 Å². The number of hydrogen-bond acceptors (Lipinski definition) is 5. The van der Waals surface area contributed by atoms with E-state index in [2.05, 4.69) is 21.9 Å². The van der Waals surface area contributed by atoms with Gasteiger partial charge in [-0.15, -0.1) is 0 Å². The van der Waals surface area contributed by atoms with Gasteiger partial charge in [0, 0.05) is 41.3 Å². The molecular formula is C28H27F2N3O2. The Morgan fingerprint density at radius 2 is 1.49 bits per heavy atom. The average Bonchev–Trinajstić information content (AvgIpc) is 2.91. The number of pyridine rings is 1. The van der Waals surface area contributed by atoms with Gasteiger partial charge in [0.25, 0.3) is 0 Å². The van der Waals surface area contributed by atoms with Crippen LogP contribution in [0.4, 0.5) is 8.78 Å².